The average Bonchev–Trinajstić information content (AvgIpc) is 3.38. The molecule has 0 saturated carbocycles. The highest BCUT2D eigenvalue weighted by molar-refractivity contribution is 5.76. The Labute approximate surface area is 187 Å². The minimum atomic E-state index is -0.333. The first-order chi connectivity index (χ1) is 15.5. The molecule has 32 heavy (non-hydrogen) atoms. The zero-order valence-corrected chi connectivity index (χ0v) is 18.6. The van der Waals surface area contributed by atoms with Crippen molar-refractivity contribution in [2.24, 2.45) is 5.92 Å². The highest BCUT2D eigenvalue weighted by Gasteiger charge is 2.25. The molecule has 2 aromatic heterocycles. The normalized spacial score (nSPS) is 14.6. The zero-order chi connectivity index (χ0) is 22.5. The van der Waals surface area contributed by atoms with Gasteiger partial charge in [-0.15, -0.1) is 0 Å². The molecule has 1 fully saturated rings. The molecule has 0 unspecified atom stereocenters. The second-order valence-corrected chi connectivity index (χ2v) is 8.08. The number of amides is 1. The van der Waals surface area contributed by atoms with Crippen LogP contribution in [0.1, 0.15) is 44.0 Å². The van der Waals surface area contributed by atoms with E-state index in [1.54, 1.807) is 4.90 Å². The molecule has 0 N–H and O–H groups in total. The summed E-state index contributed by atoms with van der Waals surface area (Å²) in [5.41, 5.74) is 2.02. The van der Waals surface area contributed by atoms with Crippen molar-refractivity contribution in [1.82, 2.24) is 14.5 Å². The number of benzene rings is 1. The van der Waals surface area contributed by atoms with Crippen LogP contribution in [0.25, 0.3) is 11.0 Å². The summed E-state index contributed by atoms with van der Waals surface area (Å²) >= 11 is 0. The molecule has 1 amide bonds. The molecule has 1 aliphatic rings. The molecular formula is C24H29N3O5. The van der Waals surface area contributed by atoms with Crippen LogP contribution < -0.4 is 0 Å². The van der Waals surface area contributed by atoms with E-state index in [1.807, 2.05) is 37.3 Å². The summed E-state index contributed by atoms with van der Waals surface area (Å²) < 4.78 is 18.2. The van der Waals surface area contributed by atoms with Gasteiger partial charge in [-0.25, -0.2) is 9.78 Å². The van der Waals surface area contributed by atoms with Gasteiger partial charge in [-0.2, -0.15) is 0 Å². The minimum Gasteiger partial charge on any atom is -0.461 e. The average molecular weight is 440 g/mol. The van der Waals surface area contributed by atoms with Gasteiger partial charge in [-0.05, 0) is 49.9 Å². The lowest BCUT2D eigenvalue weighted by molar-refractivity contribution is -0.142. The third-order valence-corrected chi connectivity index (χ3v) is 5.79. The van der Waals surface area contributed by atoms with E-state index in [9.17, 15) is 9.59 Å². The van der Waals surface area contributed by atoms with Crippen LogP contribution in [0.3, 0.4) is 0 Å². The molecule has 0 spiro atoms. The van der Waals surface area contributed by atoms with Crippen molar-refractivity contribution in [3.8, 4) is 0 Å². The summed E-state index contributed by atoms with van der Waals surface area (Å²) in [6.45, 7) is 5.71. The number of fused-ring (bicyclic) bond motifs is 1. The molecule has 0 atom stereocenters. The molecule has 0 bridgehead atoms. The predicted molar refractivity (Wildman–Crippen MR) is 118 cm³/mol. The van der Waals surface area contributed by atoms with E-state index in [4.69, 9.17) is 18.9 Å². The standard InChI is InChI=1S/C24H29N3O5/c1-3-30-24(29)26-12-10-18(11-13-26)14-23-25-21-6-4-5-7-22(21)27(23)15-19-8-9-20(32-19)16-31-17(2)28/h4-9,18H,3,10-16H2,1-2H3. The second kappa shape index (κ2) is 9.89. The Morgan fingerprint density at radius 3 is 2.59 bits per heavy atom. The first kappa shape index (κ1) is 21.9. The third-order valence-electron chi connectivity index (χ3n) is 5.79. The molecule has 1 aromatic carbocycles. The first-order valence-electron chi connectivity index (χ1n) is 11.1. The van der Waals surface area contributed by atoms with E-state index in [2.05, 4.69) is 10.6 Å². The van der Waals surface area contributed by atoms with Gasteiger partial charge in [0.05, 0.1) is 24.2 Å². The number of hydrogen-bond acceptors (Lipinski definition) is 6. The summed E-state index contributed by atoms with van der Waals surface area (Å²) in [6.07, 6.45) is 2.47. The number of piperidine rings is 1. The number of rotatable bonds is 7. The van der Waals surface area contributed by atoms with Crippen LogP contribution in [-0.4, -0.2) is 46.2 Å². The number of carbonyl (C=O) groups is 2. The minimum absolute atomic E-state index is 0.131. The molecule has 3 heterocycles. The topological polar surface area (TPSA) is 86.8 Å². The Morgan fingerprint density at radius 2 is 1.84 bits per heavy atom. The molecular weight excluding hydrogens is 410 g/mol. The van der Waals surface area contributed by atoms with Crippen molar-refractivity contribution in [3.05, 3.63) is 53.7 Å². The number of ether oxygens (including phenoxy) is 2. The van der Waals surface area contributed by atoms with Crippen molar-refractivity contribution in [3.63, 3.8) is 0 Å². The van der Waals surface area contributed by atoms with Crippen LogP contribution in [0.2, 0.25) is 0 Å². The van der Waals surface area contributed by atoms with Gasteiger partial charge in [0.1, 0.15) is 24.0 Å². The Balaban J connectivity index is 1.48. The van der Waals surface area contributed by atoms with Crippen molar-refractivity contribution in [2.75, 3.05) is 19.7 Å². The molecule has 4 rings (SSSR count). The molecule has 1 saturated heterocycles. The quantitative estimate of drug-likeness (QED) is 0.514. The van der Waals surface area contributed by atoms with E-state index in [1.165, 1.54) is 6.92 Å². The van der Waals surface area contributed by atoms with Crippen LogP contribution in [0, 0.1) is 5.92 Å². The Hall–Kier alpha value is -3.29. The predicted octanol–water partition coefficient (Wildman–Crippen LogP) is 4.15. The number of aromatic nitrogens is 2. The summed E-state index contributed by atoms with van der Waals surface area (Å²) in [7, 11) is 0. The number of imidazole rings is 1. The number of likely N-dealkylation sites (tertiary alicyclic amines) is 1. The monoisotopic (exact) mass is 439 g/mol. The number of para-hydroxylation sites is 2. The van der Waals surface area contributed by atoms with Crippen LogP contribution in [-0.2, 0) is 33.8 Å². The van der Waals surface area contributed by atoms with Crippen molar-refractivity contribution in [1.29, 1.82) is 0 Å². The van der Waals surface area contributed by atoms with Gasteiger partial charge < -0.3 is 23.4 Å². The number of furan rings is 1. The number of carbonyl (C=O) groups excluding carboxylic acids is 2. The fourth-order valence-electron chi connectivity index (χ4n) is 4.16. The van der Waals surface area contributed by atoms with E-state index < -0.39 is 0 Å². The van der Waals surface area contributed by atoms with Gasteiger partial charge in [0.25, 0.3) is 0 Å². The highest BCUT2D eigenvalue weighted by atomic mass is 16.6. The molecule has 1 aliphatic heterocycles. The van der Waals surface area contributed by atoms with Crippen LogP contribution in [0.4, 0.5) is 4.79 Å². The zero-order valence-electron chi connectivity index (χ0n) is 18.6. The van der Waals surface area contributed by atoms with Gasteiger partial charge in [0, 0.05) is 26.4 Å². The second-order valence-electron chi connectivity index (χ2n) is 8.08. The van der Waals surface area contributed by atoms with E-state index >= 15 is 0 Å². The fourth-order valence-corrected chi connectivity index (χ4v) is 4.16. The summed E-state index contributed by atoms with van der Waals surface area (Å²) in [6, 6.07) is 11.8. The molecule has 8 heteroatoms. The molecule has 8 nitrogen and oxygen atoms in total. The van der Waals surface area contributed by atoms with E-state index in [0.717, 1.165) is 41.9 Å². The van der Waals surface area contributed by atoms with Crippen LogP contribution in [0.15, 0.2) is 40.8 Å². The first-order valence-corrected chi connectivity index (χ1v) is 11.1. The highest BCUT2D eigenvalue weighted by Crippen LogP contribution is 2.26. The largest absolute Gasteiger partial charge is 0.461 e. The molecule has 3 aromatic rings. The lowest BCUT2D eigenvalue weighted by Gasteiger charge is -2.31. The Kier molecular flexibility index (Phi) is 6.78. The fraction of sp³-hybridized carbons (Fsp3) is 0.458. The van der Waals surface area contributed by atoms with Crippen molar-refractivity contribution >= 4 is 23.1 Å². The maximum atomic E-state index is 12.0. The van der Waals surface area contributed by atoms with Gasteiger partial charge in [0.15, 0.2) is 0 Å². The smallest absolute Gasteiger partial charge is 0.409 e. The maximum Gasteiger partial charge on any atom is 0.409 e. The van der Waals surface area contributed by atoms with Gasteiger partial charge in [0.2, 0.25) is 0 Å². The van der Waals surface area contributed by atoms with Crippen LogP contribution in [0.5, 0.6) is 0 Å². The van der Waals surface area contributed by atoms with Gasteiger partial charge in [-0.3, -0.25) is 4.79 Å². The van der Waals surface area contributed by atoms with E-state index in [-0.39, 0.29) is 18.7 Å². The van der Waals surface area contributed by atoms with Gasteiger partial charge in [-0.1, -0.05) is 12.1 Å². The van der Waals surface area contributed by atoms with Gasteiger partial charge >= 0.3 is 12.1 Å². The lowest BCUT2D eigenvalue weighted by Crippen LogP contribution is -2.39. The molecule has 0 aliphatic carbocycles. The molecule has 0 radical (unpaired) electrons. The Bertz CT molecular complexity index is 1080. The van der Waals surface area contributed by atoms with Crippen molar-refractivity contribution < 1.29 is 23.5 Å². The maximum absolute atomic E-state index is 12.0. The number of esters is 1. The third kappa shape index (κ3) is 5.12. The van der Waals surface area contributed by atoms with E-state index in [0.29, 0.717) is 37.9 Å². The summed E-state index contributed by atoms with van der Waals surface area (Å²) in [5.74, 6) is 2.53. The van der Waals surface area contributed by atoms with Crippen LogP contribution >= 0.6 is 0 Å². The SMILES string of the molecule is CCOC(=O)N1CCC(Cc2nc3ccccc3n2Cc2ccc(COC(C)=O)o2)CC1. The summed E-state index contributed by atoms with van der Waals surface area (Å²) in [4.78, 5) is 29.7. The number of nitrogens with zero attached hydrogens (tertiary/aromatic N) is 3. The lowest BCUT2D eigenvalue weighted by atomic mass is 9.93. The summed E-state index contributed by atoms with van der Waals surface area (Å²) in [5, 5.41) is 0. The van der Waals surface area contributed by atoms with Crippen molar-refractivity contribution in [2.45, 2.75) is 46.3 Å². The number of hydrogen-bond donors (Lipinski definition) is 0. The Morgan fingerprint density at radius 1 is 1.09 bits per heavy atom. The molecule has 170 valence electrons.